The average Bonchev–Trinajstić information content (AvgIpc) is 2.73. The molecule has 0 spiro atoms. The summed E-state index contributed by atoms with van der Waals surface area (Å²) in [6.45, 7) is 0.654. The lowest BCUT2D eigenvalue weighted by Gasteiger charge is -2.06. The van der Waals surface area contributed by atoms with E-state index in [0.29, 0.717) is 6.61 Å². The van der Waals surface area contributed by atoms with Gasteiger partial charge < -0.3 is 15.0 Å². The summed E-state index contributed by atoms with van der Waals surface area (Å²) in [4.78, 5) is 4.23. The second kappa shape index (κ2) is 5.63. The van der Waals surface area contributed by atoms with Gasteiger partial charge in [0.25, 0.3) is 0 Å². The lowest BCUT2D eigenvalue weighted by atomic mass is 10.3. The molecular weight excluding hydrogens is 234 g/mol. The fourth-order valence-electron chi connectivity index (χ4n) is 1.35. The maximum absolute atomic E-state index is 5.59. The van der Waals surface area contributed by atoms with E-state index in [1.807, 2.05) is 42.1 Å². The molecule has 0 unspecified atom stereocenters. The Morgan fingerprint density at radius 1 is 1.35 bits per heavy atom. The summed E-state index contributed by atoms with van der Waals surface area (Å²) in [6.07, 6.45) is 3.73. The first-order chi connectivity index (χ1) is 8.25. The first-order valence-electron chi connectivity index (χ1n) is 5.34. The molecule has 0 aliphatic carbocycles. The fraction of sp³-hybridized carbons (Fsp3) is 0.250. The van der Waals surface area contributed by atoms with Crippen molar-refractivity contribution < 1.29 is 4.74 Å². The molecule has 0 bridgehead atoms. The Bertz CT molecular complexity index is 467. The van der Waals surface area contributed by atoms with Gasteiger partial charge in [0.15, 0.2) is 5.16 Å². The van der Waals surface area contributed by atoms with Crippen LogP contribution in [-0.4, -0.2) is 21.9 Å². The lowest BCUT2D eigenvalue weighted by molar-refractivity contribution is 0.344. The van der Waals surface area contributed by atoms with Crippen molar-refractivity contribution in [1.29, 1.82) is 0 Å². The number of ether oxygens (including phenoxy) is 1. The van der Waals surface area contributed by atoms with Crippen LogP contribution in [-0.2, 0) is 7.05 Å². The third kappa shape index (κ3) is 3.42. The maximum atomic E-state index is 5.59. The Hall–Kier alpha value is -1.62. The highest BCUT2D eigenvalue weighted by atomic mass is 32.2. The lowest BCUT2D eigenvalue weighted by Crippen LogP contribution is -2.01. The zero-order chi connectivity index (χ0) is 12.1. The second-order valence-corrected chi connectivity index (χ2v) is 4.65. The van der Waals surface area contributed by atoms with Gasteiger partial charge in [-0.2, -0.15) is 0 Å². The van der Waals surface area contributed by atoms with E-state index in [2.05, 4.69) is 4.98 Å². The first kappa shape index (κ1) is 11.9. The van der Waals surface area contributed by atoms with Gasteiger partial charge in [-0.25, -0.2) is 4.98 Å². The molecular formula is C12H15N3OS. The molecule has 0 amide bonds. The molecule has 0 radical (unpaired) electrons. The molecule has 1 heterocycles. The van der Waals surface area contributed by atoms with E-state index in [1.165, 1.54) is 0 Å². The Kier molecular flexibility index (Phi) is 3.93. The van der Waals surface area contributed by atoms with Crippen LogP contribution in [0.3, 0.4) is 0 Å². The Morgan fingerprint density at radius 2 is 2.12 bits per heavy atom. The van der Waals surface area contributed by atoms with Gasteiger partial charge in [0.05, 0.1) is 6.61 Å². The van der Waals surface area contributed by atoms with Crippen molar-refractivity contribution in [2.45, 2.75) is 5.16 Å². The Labute approximate surface area is 105 Å². The number of aryl methyl sites for hydroxylation is 1. The molecule has 17 heavy (non-hydrogen) atoms. The van der Waals surface area contributed by atoms with Crippen molar-refractivity contribution >= 4 is 17.4 Å². The molecule has 1 aromatic carbocycles. The van der Waals surface area contributed by atoms with Crippen LogP contribution in [0.2, 0.25) is 0 Å². The summed E-state index contributed by atoms with van der Waals surface area (Å²) in [6, 6.07) is 7.42. The van der Waals surface area contributed by atoms with E-state index >= 15 is 0 Å². The minimum atomic E-state index is 0.654. The van der Waals surface area contributed by atoms with Crippen LogP contribution in [0.15, 0.2) is 41.8 Å². The van der Waals surface area contributed by atoms with Gasteiger partial charge in [-0.15, -0.1) is 0 Å². The summed E-state index contributed by atoms with van der Waals surface area (Å²) >= 11 is 1.68. The number of thioether (sulfide) groups is 1. The minimum absolute atomic E-state index is 0.654. The van der Waals surface area contributed by atoms with Gasteiger partial charge >= 0.3 is 0 Å². The van der Waals surface area contributed by atoms with Crippen molar-refractivity contribution in [3.05, 3.63) is 36.7 Å². The molecule has 0 saturated heterocycles. The molecule has 0 fully saturated rings. The minimum Gasteiger partial charge on any atom is -0.493 e. The van der Waals surface area contributed by atoms with Crippen LogP contribution in [0, 0.1) is 0 Å². The van der Waals surface area contributed by atoms with E-state index in [0.717, 1.165) is 22.3 Å². The van der Waals surface area contributed by atoms with Crippen LogP contribution >= 0.6 is 11.8 Å². The predicted molar refractivity (Wildman–Crippen MR) is 70.3 cm³/mol. The van der Waals surface area contributed by atoms with Crippen molar-refractivity contribution in [2.75, 3.05) is 18.1 Å². The number of benzene rings is 1. The molecule has 0 aliphatic heterocycles. The van der Waals surface area contributed by atoms with Crippen LogP contribution in [0.1, 0.15) is 0 Å². The summed E-state index contributed by atoms with van der Waals surface area (Å²) in [5, 5.41) is 1.01. The second-order valence-electron chi connectivity index (χ2n) is 3.59. The summed E-state index contributed by atoms with van der Waals surface area (Å²) < 4.78 is 7.58. The van der Waals surface area contributed by atoms with Crippen molar-refractivity contribution in [2.24, 2.45) is 7.05 Å². The first-order valence-corrected chi connectivity index (χ1v) is 6.33. The zero-order valence-electron chi connectivity index (χ0n) is 9.67. The van der Waals surface area contributed by atoms with E-state index in [-0.39, 0.29) is 0 Å². The number of rotatable bonds is 5. The molecule has 2 aromatic rings. The summed E-state index contributed by atoms with van der Waals surface area (Å²) in [5.41, 5.74) is 6.34. The van der Waals surface area contributed by atoms with E-state index in [1.54, 1.807) is 18.0 Å². The number of hydrogen-bond donors (Lipinski definition) is 1. The third-order valence-corrected chi connectivity index (χ3v) is 3.26. The van der Waals surface area contributed by atoms with Crippen molar-refractivity contribution in [3.63, 3.8) is 0 Å². The summed E-state index contributed by atoms with van der Waals surface area (Å²) in [5.74, 6) is 1.72. The molecule has 0 aliphatic rings. The zero-order valence-corrected chi connectivity index (χ0v) is 10.5. The molecule has 4 nitrogen and oxygen atoms in total. The quantitative estimate of drug-likeness (QED) is 0.501. The van der Waals surface area contributed by atoms with Crippen molar-refractivity contribution in [1.82, 2.24) is 9.55 Å². The third-order valence-electron chi connectivity index (χ3n) is 2.24. The van der Waals surface area contributed by atoms with Crippen LogP contribution in [0.4, 0.5) is 5.69 Å². The highest BCUT2D eigenvalue weighted by molar-refractivity contribution is 7.99. The number of aromatic nitrogens is 2. The fourth-order valence-corrected chi connectivity index (χ4v) is 2.10. The van der Waals surface area contributed by atoms with Gasteiger partial charge in [-0.1, -0.05) is 11.8 Å². The molecule has 0 saturated carbocycles. The van der Waals surface area contributed by atoms with Crippen LogP contribution in [0.25, 0.3) is 0 Å². The smallest absolute Gasteiger partial charge is 0.167 e. The van der Waals surface area contributed by atoms with Gasteiger partial charge in [-0.05, 0) is 24.3 Å². The molecule has 2 rings (SSSR count). The normalized spacial score (nSPS) is 10.4. The average molecular weight is 249 g/mol. The molecule has 2 N–H and O–H groups in total. The molecule has 5 heteroatoms. The molecule has 90 valence electrons. The largest absolute Gasteiger partial charge is 0.493 e. The highest BCUT2D eigenvalue weighted by Crippen LogP contribution is 2.16. The van der Waals surface area contributed by atoms with Gasteiger partial charge in [-0.3, -0.25) is 0 Å². The number of imidazole rings is 1. The van der Waals surface area contributed by atoms with Crippen LogP contribution in [0.5, 0.6) is 5.75 Å². The number of nitrogen functional groups attached to an aromatic ring is 1. The summed E-state index contributed by atoms with van der Waals surface area (Å²) in [7, 11) is 1.98. The highest BCUT2D eigenvalue weighted by Gasteiger charge is 1.99. The molecule has 1 aromatic heterocycles. The maximum Gasteiger partial charge on any atom is 0.167 e. The number of anilines is 1. The predicted octanol–water partition coefficient (Wildman–Crippen LogP) is 2.17. The van der Waals surface area contributed by atoms with Crippen molar-refractivity contribution in [3.8, 4) is 5.75 Å². The molecule has 0 atom stereocenters. The van der Waals surface area contributed by atoms with Gasteiger partial charge in [0, 0.05) is 30.9 Å². The van der Waals surface area contributed by atoms with E-state index in [4.69, 9.17) is 10.5 Å². The topological polar surface area (TPSA) is 53.1 Å². The van der Waals surface area contributed by atoms with Gasteiger partial charge in [0.2, 0.25) is 0 Å². The standard InChI is InChI=1S/C12H15N3OS/c1-15-7-6-14-12(15)17-9-8-16-11-4-2-10(13)3-5-11/h2-7H,8-9,13H2,1H3. The van der Waals surface area contributed by atoms with Gasteiger partial charge in [0.1, 0.15) is 5.75 Å². The van der Waals surface area contributed by atoms with E-state index in [9.17, 15) is 0 Å². The van der Waals surface area contributed by atoms with E-state index < -0.39 is 0 Å². The van der Waals surface area contributed by atoms with Crippen LogP contribution < -0.4 is 10.5 Å². The Morgan fingerprint density at radius 3 is 2.76 bits per heavy atom. The number of nitrogens with zero attached hydrogens (tertiary/aromatic N) is 2. The monoisotopic (exact) mass is 249 g/mol. The Balaban J connectivity index is 1.73. The SMILES string of the molecule is Cn1ccnc1SCCOc1ccc(N)cc1. The number of nitrogens with two attached hydrogens (primary N) is 1. The number of hydrogen-bond acceptors (Lipinski definition) is 4.